The van der Waals surface area contributed by atoms with E-state index in [-0.39, 0.29) is 11.7 Å². The molecule has 0 bridgehead atoms. The van der Waals surface area contributed by atoms with Gasteiger partial charge in [-0.2, -0.15) is 0 Å². The molecule has 158 valence electrons. The monoisotopic (exact) mass is 428 g/mol. The molecule has 0 fully saturated rings. The average Bonchev–Trinajstić information content (AvgIpc) is 3.17. The molecule has 0 unspecified atom stereocenters. The van der Waals surface area contributed by atoms with Crippen molar-refractivity contribution in [3.8, 4) is 11.4 Å². The van der Waals surface area contributed by atoms with Crippen LogP contribution in [0, 0.1) is 5.82 Å². The smallest absolute Gasteiger partial charge is 0.220 e. The van der Waals surface area contributed by atoms with E-state index in [0.717, 1.165) is 17.7 Å². The third kappa shape index (κ3) is 5.82. The zero-order valence-corrected chi connectivity index (χ0v) is 17.9. The number of ether oxygens (including phenoxy) is 1. The van der Waals surface area contributed by atoms with E-state index >= 15 is 0 Å². The number of rotatable bonds is 10. The quantitative estimate of drug-likeness (QED) is 0.491. The lowest BCUT2D eigenvalue weighted by Gasteiger charge is -2.12. The van der Waals surface area contributed by atoms with Crippen LogP contribution in [0.1, 0.15) is 31.2 Å². The number of halogens is 1. The molecular formula is C22H25FN4O2S. The zero-order chi connectivity index (χ0) is 21.3. The van der Waals surface area contributed by atoms with Gasteiger partial charge >= 0.3 is 0 Å². The van der Waals surface area contributed by atoms with Gasteiger partial charge in [0.05, 0.1) is 12.8 Å². The second-order valence-corrected chi connectivity index (χ2v) is 7.65. The predicted octanol–water partition coefficient (Wildman–Crippen LogP) is 4.17. The van der Waals surface area contributed by atoms with Crippen LogP contribution >= 0.6 is 11.8 Å². The SMILES string of the molecule is CCCNC(=O)CCc1nnc(SCc2cccc(F)c2)n1-c1cccc(OC)c1. The van der Waals surface area contributed by atoms with E-state index < -0.39 is 0 Å². The number of nitrogens with zero attached hydrogens (tertiary/aromatic N) is 3. The molecule has 0 atom stereocenters. The van der Waals surface area contributed by atoms with Gasteiger partial charge in [-0.05, 0) is 36.2 Å². The predicted molar refractivity (Wildman–Crippen MR) is 115 cm³/mol. The number of methoxy groups -OCH3 is 1. The van der Waals surface area contributed by atoms with E-state index in [9.17, 15) is 9.18 Å². The minimum absolute atomic E-state index is 0.00833. The van der Waals surface area contributed by atoms with Crippen LogP contribution in [0.5, 0.6) is 5.75 Å². The lowest BCUT2D eigenvalue weighted by atomic mass is 10.2. The molecule has 0 saturated carbocycles. The number of aryl methyl sites for hydroxylation is 1. The van der Waals surface area contributed by atoms with Gasteiger partial charge in [0.25, 0.3) is 0 Å². The van der Waals surface area contributed by atoms with Crippen molar-refractivity contribution in [1.29, 1.82) is 0 Å². The van der Waals surface area contributed by atoms with Crippen molar-refractivity contribution < 1.29 is 13.9 Å². The molecule has 1 amide bonds. The Balaban J connectivity index is 1.84. The summed E-state index contributed by atoms with van der Waals surface area (Å²) in [5, 5.41) is 12.2. The summed E-state index contributed by atoms with van der Waals surface area (Å²) in [6.45, 7) is 2.68. The number of carbonyl (C=O) groups is 1. The maximum atomic E-state index is 13.5. The molecule has 0 aliphatic carbocycles. The summed E-state index contributed by atoms with van der Waals surface area (Å²) in [5.74, 6) is 1.69. The number of amides is 1. The van der Waals surface area contributed by atoms with Gasteiger partial charge in [-0.3, -0.25) is 9.36 Å². The molecule has 3 aromatic rings. The van der Waals surface area contributed by atoms with Crippen LogP contribution in [-0.2, 0) is 17.0 Å². The van der Waals surface area contributed by atoms with Gasteiger partial charge in [0.1, 0.15) is 17.4 Å². The van der Waals surface area contributed by atoms with E-state index in [4.69, 9.17) is 4.74 Å². The molecule has 3 rings (SSSR count). The van der Waals surface area contributed by atoms with Crippen molar-refractivity contribution in [3.05, 3.63) is 65.7 Å². The number of hydrogen-bond acceptors (Lipinski definition) is 5. The van der Waals surface area contributed by atoms with Gasteiger partial charge < -0.3 is 10.1 Å². The summed E-state index contributed by atoms with van der Waals surface area (Å²) in [6.07, 6.45) is 1.68. The highest BCUT2D eigenvalue weighted by molar-refractivity contribution is 7.98. The molecule has 8 heteroatoms. The fourth-order valence-electron chi connectivity index (χ4n) is 2.92. The second kappa shape index (κ2) is 10.8. The molecule has 30 heavy (non-hydrogen) atoms. The van der Waals surface area contributed by atoms with E-state index in [0.29, 0.717) is 41.9 Å². The molecule has 1 aromatic heterocycles. The number of nitrogens with one attached hydrogen (secondary N) is 1. The van der Waals surface area contributed by atoms with Crippen molar-refractivity contribution in [3.63, 3.8) is 0 Å². The Hall–Kier alpha value is -2.87. The van der Waals surface area contributed by atoms with Gasteiger partial charge in [-0.1, -0.05) is 36.9 Å². The van der Waals surface area contributed by atoms with Gasteiger partial charge in [0, 0.05) is 31.2 Å². The lowest BCUT2D eigenvalue weighted by molar-refractivity contribution is -0.121. The minimum Gasteiger partial charge on any atom is -0.497 e. The summed E-state index contributed by atoms with van der Waals surface area (Å²) >= 11 is 1.47. The number of hydrogen-bond donors (Lipinski definition) is 1. The van der Waals surface area contributed by atoms with Gasteiger partial charge in [0.2, 0.25) is 5.91 Å². The molecule has 0 aliphatic heterocycles. The van der Waals surface area contributed by atoms with E-state index in [1.165, 1.54) is 23.9 Å². The first-order valence-electron chi connectivity index (χ1n) is 9.83. The Kier molecular flexibility index (Phi) is 7.84. The summed E-state index contributed by atoms with van der Waals surface area (Å²) in [4.78, 5) is 12.0. The number of benzene rings is 2. The molecular weight excluding hydrogens is 403 g/mol. The zero-order valence-electron chi connectivity index (χ0n) is 17.1. The summed E-state index contributed by atoms with van der Waals surface area (Å²) in [6, 6.07) is 14.1. The highest BCUT2D eigenvalue weighted by atomic mass is 32.2. The summed E-state index contributed by atoms with van der Waals surface area (Å²) < 4.78 is 20.8. The highest BCUT2D eigenvalue weighted by Gasteiger charge is 2.16. The Morgan fingerprint density at radius 2 is 2.03 bits per heavy atom. The number of aromatic nitrogens is 3. The molecule has 0 spiro atoms. The van der Waals surface area contributed by atoms with E-state index in [1.807, 2.05) is 41.8 Å². The lowest BCUT2D eigenvalue weighted by Crippen LogP contribution is -2.24. The van der Waals surface area contributed by atoms with Crippen molar-refractivity contribution in [2.45, 2.75) is 37.1 Å². The summed E-state index contributed by atoms with van der Waals surface area (Å²) in [5.41, 5.74) is 1.71. The third-order valence-corrected chi connectivity index (χ3v) is 5.42. The van der Waals surface area contributed by atoms with Crippen LogP contribution in [0.3, 0.4) is 0 Å². The van der Waals surface area contributed by atoms with Crippen LogP contribution < -0.4 is 10.1 Å². The van der Waals surface area contributed by atoms with Gasteiger partial charge in [-0.25, -0.2) is 4.39 Å². The maximum Gasteiger partial charge on any atom is 0.220 e. The Bertz CT molecular complexity index is 993. The fraction of sp³-hybridized carbons (Fsp3) is 0.318. The minimum atomic E-state index is -0.263. The largest absolute Gasteiger partial charge is 0.497 e. The van der Waals surface area contributed by atoms with Crippen molar-refractivity contribution in [1.82, 2.24) is 20.1 Å². The molecule has 0 radical (unpaired) electrons. The number of carbonyl (C=O) groups excluding carboxylic acids is 1. The fourth-order valence-corrected chi connectivity index (χ4v) is 3.83. The molecule has 0 saturated heterocycles. The third-order valence-electron chi connectivity index (χ3n) is 4.42. The van der Waals surface area contributed by atoms with Crippen LogP contribution in [0.15, 0.2) is 53.7 Å². The number of thioether (sulfide) groups is 1. The first-order valence-corrected chi connectivity index (χ1v) is 10.8. The Morgan fingerprint density at radius 1 is 1.20 bits per heavy atom. The maximum absolute atomic E-state index is 13.5. The van der Waals surface area contributed by atoms with Gasteiger partial charge in [0.15, 0.2) is 5.16 Å². The second-order valence-electron chi connectivity index (χ2n) is 6.70. The normalized spacial score (nSPS) is 10.8. The topological polar surface area (TPSA) is 69.0 Å². The molecule has 2 aromatic carbocycles. The molecule has 1 N–H and O–H groups in total. The Labute approximate surface area is 179 Å². The Morgan fingerprint density at radius 3 is 2.80 bits per heavy atom. The first-order chi connectivity index (χ1) is 14.6. The van der Waals surface area contributed by atoms with Crippen molar-refractivity contribution in [2.24, 2.45) is 0 Å². The van der Waals surface area contributed by atoms with Crippen molar-refractivity contribution in [2.75, 3.05) is 13.7 Å². The highest BCUT2D eigenvalue weighted by Crippen LogP contribution is 2.27. The molecule has 6 nitrogen and oxygen atoms in total. The van der Waals surface area contributed by atoms with Crippen LogP contribution in [-0.4, -0.2) is 34.3 Å². The first kappa shape index (κ1) is 21.8. The van der Waals surface area contributed by atoms with E-state index in [2.05, 4.69) is 15.5 Å². The standard InChI is InChI=1S/C22H25FN4O2S/c1-3-12-24-21(28)11-10-20-25-26-22(30-15-16-6-4-7-17(23)13-16)27(20)18-8-5-9-19(14-18)29-2/h4-9,13-14H,3,10-12,15H2,1-2H3,(H,24,28). The molecule has 1 heterocycles. The summed E-state index contributed by atoms with van der Waals surface area (Å²) in [7, 11) is 1.61. The average molecular weight is 429 g/mol. The van der Waals surface area contributed by atoms with Crippen LogP contribution in [0.2, 0.25) is 0 Å². The van der Waals surface area contributed by atoms with Crippen molar-refractivity contribution >= 4 is 17.7 Å². The van der Waals surface area contributed by atoms with E-state index in [1.54, 1.807) is 13.2 Å². The van der Waals surface area contributed by atoms with Gasteiger partial charge in [-0.15, -0.1) is 10.2 Å². The van der Waals surface area contributed by atoms with Crippen LogP contribution in [0.4, 0.5) is 4.39 Å². The molecule has 0 aliphatic rings. The van der Waals surface area contributed by atoms with Crippen LogP contribution in [0.25, 0.3) is 5.69 Å².